The highest BCUT2D eigenvalue weighted by molar-refractivity contribution is 5.02. The monoisotopic (exact) mass is 193 g/mol. The van der Waals surface area contributed by atoms with Crippen LogP contribution < -0.4 is 0 Å². The lowest BCUT2D eigenvalue weighted by atomic mass is 9.94. The van der Waals surface area contributed by atoms with E-state index < -0.39 is 0 Å². The molecule has 0 N–H and O–H groups in total. The van der Waals surface area contributed by atoms with Crippen molar-refractivity contribution in [2.75, 3.05) is 13.1 Å². The summed E-state index contributed by atoms with van der Waals surface area (Å²) in [5.41, 5.74) is 0.347. The SMILES string of the molecule is CC(C)(C)N1CC2C=CC(CCC2)C1. The van der Waals surface area contributed by atoms with Crippen LogP contribution in [0.2, 0.25) is 0 Å². The molecule has 0 radical (unpaired) electrons. The maximum absolute atomic E-state index is 2.67. The summed E-state index contributed by atoms with van der Waals surface area (Å²) in [6, 6.07) is 0. The molecule has 1 aliphatic heterocycles. The number of nitrogens with zero attached hydrogens (tertiary/aromatic N) is 1. The van der Waals surface area contributed by atoms with E-state index in [4.69, 9.17) is 0 Å². The molecule has 1 nitrogen and oxygen atoms in total. The first-order valence-corrected chi connectivity index (χ1v) is 5.99. The molecule has 2 atom stereocenters. The number of likely N-dealkylation sites (tertiary alicyclic amines) is 1. The lowest BCUT2D eigenvalue weighted by molar-refractivity contribution is 0.101. The van der Waals surface area contributed by atoms with Crippen LogP contribution in [0, 0.1) is 11.8 Å². The molecule has 2 bridgehead atoms. The lowest BCUT2D eigenvalue weighted by Gasteiger charge is -2.39. The topological polar surface area (TPSA) is 3.24 Å². The van der Waals surface area contributed by atoms with Crippen LogP contribution in [-0.2, 0) is 0 Å². The molecule has 0 aromatic carbocycles. The van der Waals surface area contributed by atoms with E-state index in [1.165, 1.54) is 32.4 Å². The molecule has 0 fully saturated rings. The standard InChI is InChI=1S/C13H23N/c1-13(2,3)14-9-11-5-4-6-12(10-14)8-7-11/h7-8,11-12H,4-6,9-10H2,1-3H3. The van der Waals surface area contributed by atoms with Gasteiger partial charge in [-0.1, -0.05) is 18.6 Å². The largest absolute Gasteiger partial charge is 0.297 e. The van der Waals surface area contributed by atoms with Gasteiger partial charge in [-0.05, 0) is 45.4 Å². The van der Waals surface area contributed by atoms with Crippen LogP contribution in [0.1, 0.15) is 40.0 Å². The molecule has 2 unspecified atom stereocenters. The van der Waals surface area contributed by atoms with Crippen molar-refractivity contribution in [3.8, 4) is 0 Å². The maximum Gasteiger partial charge on any atom is 0.0125 e. The van der Waals surface area contributed by atoms with Gasteiger partial charge in [-0.3, -0.25) is 4.90 Å². The Kier molecular flexibility index (Phi) is 2.70. The molecule has 2 aliphatic rings. The summed E-state index contributed by atoms with van der Waals surface area (Å²) >= 11 is 0. The van der Waals surface area contributed by atoms with Crippen molar-refractivity contribution in [2.45, 2.75) is 45.6 Å². The van der Waals surface area contributed by atoms with Crippen LogP contribution in [0.25, 0.3) is 0 Å². The molecule has 14 heavy (non-hydrogen) atoms. The molecule has 2 rings (SSSR count). The van der Waals surface area contributed by atoms with Gasteiger partial charge in [-0.25, -0.2) is 0 Å². The minimum absolute atomic E-state index is 0.347. The first-order chi connectivity index (χ1) is 6.55. The zero-order valence-corrected chi connectivity index (χ0v) is 9.79. The lowest BCUT2D eigenvalue weighted by Crippen LogP contribution is -2.45. The van der Waals surface area contributed by atoms with Crippen LogP contribution in [0.5, 0.6) is 0 Å². The fraction of sp³-hybridized carbons (Fsp3) is 0.846. The predicted molar refractivity (Wildman–Crippen MR) is 61.3 cm³/mol. The fourth-order valence-corrected chi connectivity index (χ4v) is 2.64. The maximum atomic E-state index is 2.67. The van der Waals surface area contributed by atoms with Crippen molar-refractivity contribution in [1.82, 2.24) is 4.90 Å². The van der Waals surface area contributed by atoms with E-state index in [1.807, 2.05) is 0 Å². The number of fused-ring (bicyclic) bond motifs is 2. The van der Waals surface area contributed by atoms with Crippen LogP contribution in [0.4, 0.5) is 0 Å². The molecule has 0 aromatic rings. The normalized spacial score (nSPS) is 34.2. The molecule has 1 heterocycles. The Hall–Kier alpha value is -0.300. The van der Waals surface area contributed by atoms with Crippen molar-refractivity contribution < 1.29 is 0 Å². The summed E-state index contributed by atoms with van der Waals surface area (Å²) in [6.07, 6.45) is 9.19. The Labute approximate surface area is 88.2 Å². The van der Waals surface area contributed by atoms with E-state index in [0.717, 1.165) is 11.8 Å². The van der Waals surface area contributed by atoms with E-state index >= 15 is 0 Å². The van der Waals surface area contributed by atoms with Crippen LogP contribution in [-0.4, -0.2) is 23.5 Å². The van der Waals surface area contributed by atoms with Crippen molar-refractivity contribution >= 4 is 0 Å². The molecule has 80 valence electrons. The molecule has 0 amide bonds. The molecular formula is C13H23N. The van der Waals surface area contributed by atoms with Gasteiger partial charge in [0.05, 0.1) is 0 Å². The Morgan fingerprint density at radius 3 is 1.93 bits per heavy atom. The predicted octanol–water partition coefficient (Wildman–Crippen LogP) is 3.07. The Morgan fingerprint density at radius 2 is 1.50 bits per heavy atom. The third kappa shape index (κ3) is 2.20. The van der Waals surface area contributed by atoms with Crippen LogP contribution in [0.3, 0.4) is 0 Å². The smallest absolute Gasteiger partial charge is 0.0125 e. The van der Waals surface area contributed by atoms with Crippen molar-refractivity contribution in [1.29, 1.82) is 0 Å². The first kappa shape index (κ1) is 10.2. The average Bonchev–Trinajstić information content (AvgIpc) is 2.32. The molecule has 0 aromatic heterocycles. The van der Waals surface area contributed by atoms with Crippen molar-refractivity contribution in [3.63, 3.8) is 0 Å². The fourth-order valence-electron chi connectivity index (χ4n) is 2.64. The minimum Gasteiger partial charge on any atom is -0.297 e. The number of rotatable bonds is 0. The zero-order chi connectivity index (χ0) is 10.2. The van der Waals surface area contributed by atoms with Crippen molar-refractivity contribution in [2.24, 2.45) is 11.8 Å². The highest BCUT2D eigenvalue weighted by Crippen LogP contribution is 2.30. The molecule has 0 saturated heterocycles. The van der Waals surface area contributed by atoms with Crippen molar-refractivity contribution in [3.05, 3.63) is 12.2 Å². The zero-order valence-electron chi connectivity index (χ0n) is 9.79. The second kappa shape index (κ2) is 3.69. The molecule has 1 heteroatoms. The van der Waals surface area contributed by atoms with Gasteiger partial charge in [0, 0.05) is 18.6 Å². The van der Waals surface area contributed by atoms with Gasteiger partial charge >= 0.3 is 0 Å². The molecular weight excluding hydrogens is 170 g/mol. The Bertz CT molecular complexity index is 208. The second-order valence-electron chi connectivity index (χ2n) is 5.91. The van der Waals surface area contributed by atoms with E-state index in [2.05, 4.69) is 37.8 Å². The average molecular weight is 193 g/mol. The molecule has 0 saturated carbocycles. The van der Waals surface area contributed by atoms with Gasteiger partial charge in [0.15, 0.2) is 0 Å². The van der Waals surface area contributed by atoms with E-state index in [9.17, 15) is 0 Å². The summed E-state index contributed by atoms with van der Waals surface area (Å²) in [5, 5.41) is 0. The third-order valence-corrected chi connectivity index (χ3v) is 3.66. The molecule has 0 spiro atoms. The Balaban J connectivity index is 2.12. The summed E-state index contributed by atoms with van der Waals surface area (Å²) in [7, 11) is 0. The van der Waals surface area contributed by atoms with E-state index in [0.29, 0.717) is 5.54 Å². The van der Waals surface area contributed by atoms with E-state index in [1.54, 1.807) is 0 Å². The quantitative estimate of drug-likeness (QED) is 0.534. The van der Waals surface area contributed by atoms with Gasteiger partial charge < -0.3 is 0 Å². The van der Waals surface area contributed by atoms with Crippen LogP contribution in [0.15, 0.2) is 12.2 Å². The summed E-state index contributed by atoms with van der Waals surface area (Å²) in [5.74, 6) is 1.64. The highest BCUT2D eigenvalue weighted by Gasteiger charge is 2.29. The van der Waals surface area contributed by atoms with Gasteiger partial charge in [-0.2, -0.15) is 0 Å². The molecule has 1 aliphatic carbocycles. The number of hydrogen-bond acceptors (Lipinski definition) is 1. The Morgan fingerprint density at radius 1 is 1.00 bits per heavy atom. The summed E-state index contributed by atoms with van der Waals surface area (Å²) < 4.78 is 0. The third-order valence-electron chi connectivity index (χ3n) is 3.66. The van der Waals surface area contributed by atoms with E-state index in [-0.39, 0.29) is 0 Å². The first-order valence-electron chi connectivity index (χ1n) is 5.99. The highest BCUT2D eigenvalue weighted by atomic mass is 15.2. The van der Waals surface area contributed by atoms with Gasteiger partial charge in [0.25, 0.3) is 0 Å². The second-order valence-corrected chi connectivity index (χ2v) is 5.91. The van der Waals surface area contributed by atoms with Crippen LogP contribution >= 0.6 is 0 Å². The summed E-state index contributed by atoms with van der Waals surface area (Å²) in [4.78, 5) is 2.67. The number of hydrogen-bond donors (Lipinski definition) is 0. The summed E-state index contributed by atoms with van der Waals surface area (Å²) in [6.45, 7) is 9.57. The van der Waals surface area contributed by atoms with Gasteiger partial charge in [0.1, 0.15) is 0 Å². The van der Waals surface area contributed by atoms with Gasteiger partial charge in [0.2, 0.25) is 0 Å². The minimum atomic E-state index is 0.347. The van der Waals surface area contributed by atoms with Gasteiger partial charge in [-0.15, -0.1) is 0 Å².